The minimum Gasteiger partial charge on any atom is -0.494 e. The van der Waals surface area contributed by atoms with E-state index in [0.717, 1.165) is 0 Å². The molecule has 0 aliphatic carbocycles. The van der Waals surface area contributed by atoms with E-state index in [1.165, 1.54) is 25.3 Å². The third-order valence-corrected chi connectivity index (χ3v) is 4.72. The summed E-state index contributed by atoms with van der Waals surface area (Å²) in [5.41, 5.74) is 1.19. The second-order valence-corrected chi connectivity index (χ2v) is 7.12. The number of aryl methyl sites for hydroxylation is 1. The van der Waals surface area contributed by atoms with E-state index >= 15 is 0 Å². The molecule has 3 heterocycles. The molecule has 32 heavy (non-hydrogen) atoms. The molecule has 168 valence electrons. The molecule has 1 aromatic carbocycles. The van der Waals surface area contributed by atoms with Gasteiger partial charge in [0.2, 0.25) is 11.7 Å². The van der Waals surface area contributed by atoms with Crippen LogP contribution in [0.1, 0.15) is 27.8 Å². The number of halogens is 1. The van der Waals surface area contributed by atoms with Crippen LogP contribution in [0.2, 0.25) is 0 Å². The van der Waals surface area contributed by atoms with Crippen molar-refractivity contribution in [3.05, 3.63) is 53.1 Å². The SMILES string of the molecule is COc1cc(CNC(=O)c2cc(-c3noc(C[C@H]4COCCO4)n3)nc(C)n2)ccc1F. The van der Waals surface area contributed by atoms with Gasteiger partial charge in [-0.2, -0.15) is 4.98 Å². The Hall–Kier alpha value is -3.44. The van der Waals surface area contributed by atoms with Gasteiger partial charge in [-0.1, -0.05) is 11.2 Å². The molecule has 0 saturated carbocycles. The number of ether oxygens (including phenoxy) is 3. The molecule has 2 aromatic heterocycles. The Labute approximate surface area is 183 Å². The number of carbonyl (C=O) groups is 1. The largest absolute Gasteiger partial charge is 0.494 e. The highest BCUT2D eigenvalue weighted by molar-refractivity contribution is 5.93. The predicted octanol–water partition coefficient (Wildman–Crippen LogP) is 1.87. The van der Waals surface area contributed by atoms with E-state index in [4.69, 9.17) is 18.7 Å². The van der Waals surface area contributed by atoms with Crippen molar-refractivity contribution in [1.29, 1.82) is 0 Å². The fourth-order valence-corrected chi connectivity index (χ4v) is 3.18. The quantitative estimate of drug-likeness (QED) is 0.583. The molecule has 0 unspecified atom stereocenters. The lowest BCUT2D eigenvalue weighted by Crippen LogP contribution is -2.30. The maximum absolute atomic E-state index is 13.6. The summed E-state index contributed by atoms with van der Waals surface area (Å²) in [5.74, 6) is 0.237. The predicted molar refractivity (Wildman–Crippen MR) is 108 cm³/mol. The van der Waals surface area contributed by atoms with E-state index in [0.29, 0.717) is 49.2 Å². The summed E-state index contributed by atoms with van der Waals surface area (Å²) in [7, 11) is 1.38. The minimum atomic E-state index is -0.472. The molecule has 1 fully saturated rings. The number of hydrogen-bond donors (Lipinski definition) is 1. The van der Waals surface area contributed by atoms with Crippen molar-refractivity contribution in [3.63, 3.8) is 0 Å². The first kappa shape index (κ1) is 21.8. The van der Waals surface area contributed by atoms with Crippen LogP contribution in [0.25, 0.3) is 11.5 Å². The van der Waals surface area contributed by atoms with Crippen LogP contribution in [0.3, 0.4) is 0 Å². The lowest BCUT2D eigenvalue weighted by atomic mass is 10.2. The van der Waals surface area contributed by atoms with Crippen LogP contribution in [-0.4, -0.2) is 59.1 Å². The summed E-state index contributed by atoms with van der Waals surface area (Å²) in [5, 5.41) is 6.71. The maximum atomic E-state index is 13.6. The lowest BCUT2D eigenvalue weighted by molar-refractivity contribution is -0.0893. The molecule has 10 nitrogen and oxygen atoms in total. The second-order valence-electron chi connectivity index (χ2n) is 7.12. The lowest BCUT2D eigenvalue weighted by Gasteiger charge is -2.21. The summed E-state index contributed by atoms with van der Waals surface area (Å²) in [6, 6.07) is 5.86. The molecule has 0 radical (unpaired) electrons. The highest BCUT2D eigenvalue weighted by Gasteiger charge is 2.20. The molecule has 1 amide bonds. The van der Waals surface area contributed by atoms with Gasteiger partial charge in [-0.3, -0.25) is 4.79 Å². The van der Waals surface area contributed by atoms with Crippen LogP contribution in [0.5, 0.6) is 5.75 Å². The summed E-state index contributed by atoms with van der Waals surface area (Å²) in [6.07, 6.45) is 0.279. The Morgan fingerprint density at radius 1 is 1.25 bits per heavy atom. The van der Waals surface area contributed by atoms with Gasteiger partial charge in [0, 0.05) is 6.54 Å². The number of nitrogens with one attached hydrogen (secondary N) is 1. The van der Waals surface area contributed by atoms with E-state index in [-0.39, 0.29) is 29.9 Å². The zero-order valence-corrected chi connectivity index (χ0v) is 17.6. The molecule has 3 aromatic rings. The van der Waals surface area contributed by atoms with Crippen LogP contribution < -0.4 is 10.1 Å². The monoisotopic (exact) mass is 443 g/mol. The third kappa shape index (κ3) is 5.24. The van der Waals surface area contributed by atoms with Crippen molar-refractivity contribution >= 4 is 5.91 Å². The molecule has 1 saturated heterocycles. The Balaban J connectivity index is 1.44. The maximum Gasteiger partial charge on any atom is 0.270 e. The molecule has 11 heteroatoms. The first-order valence-corrected chi connectivity index (χ1v) is 10.0. The summed E-state index contributed by atoms with van der Waals surface area (Å²) >= 11 is 0. The molecule has 0 spiro atoms. The van der Waals surface area contributed by atoms with Gasteiger partial charge in [0.1, 0.15) is 17.2 Å². The first-order chi connectivity index (χ1) is 15.5. The topological polar surface area (TPSA) is 121 Å². The number of methoxy groups -OCH3 is 1. The number of benzene rings is 1. The van der Waals surface area contributed by atoms with E-state index in [1.54, 1.807) is 13.0 Å². The van der Waals surface area contributed by atoms with Crippen molar-refractivity contribution in [2.45, 2.75) is 26.0 Å². The van der Waals surface area contributed by atoms with Gasteiger partial charge >= 0.3 is 0 Å². The second kappa shape index (κ2) is 9.79. The summed E-state index contributed by atoms with van der Waals surface area (Å²) in [6.45, 7) is 3.41. The molecule has 0 bridgehead atoms. The highest BCUT2D eigenvalue weighted by Crippen LogP contribution is 2.19. The van der Waals surface area contributed by atoms with E-state index in [9.17, 15) is 9.18 Å². The van der Waals surface area contributed by atoms with Crippen LogP contribution in [0, 0.1) is 12.7 Å². The van der Waals surface area contributed by atoms with Crippen molar-refractivity contribution in [3.8, 4) is 17.3 Å². The molecular formula is C21H22FN5O5. The summed E-state index contributed by atoms with van der Waals surface area (Å²) < 4.78 is 34.8. The van der Waals surface area contributed by atoms with E-state index < -0.39 is 11.7 Å². The number of rotatable bonds is 7. The Kier molecular flexibility index (Phi) is 6.66. The summed E-state index contributed by atoms with van der Waals surface area (Å²) in [4.78, 5) is 25.5. The Morgan fingerprint density at radius 2 is 2.12 bits per heavy atom. The van der Waals surface area contributed by atoms with Crippen molar-refractivity contribution < 1.29 is 27.9 Å². The van der Waals surface area contributed by atoms with Crippen molar-refractivity contribution in [2.24, 2.45) is 0 Å². The molecule has 1 N–H and O–H groups in total. The molecule has 4 rings (SSSR count). The molecule has 1 atom stereocenters. The van der Waals surface area contributed by atoms with Crippen LogP contribution in [0.15, 0.2) is 28.8 Å². The molecule has 1 aliphatic rings. The Morgan fingerprint density at radius 3 is 2.91 bits per heavy atom. The van der Waals surface area contributed by atoms with Gasteiger partial charge in [-0.15, -0.1) is 0 Å². The average molecular weight is 443 g/mol. The number of carbonyl (C=O) groups excluding carboxylic acids is 1. The number of hydrogen-bond acceptors (Lipinski definition) is 9. The van der Waals surface area contributed by atoms with Crippen LogP contribution in [-0.2, 0) is 22.4 Å². The average Bonchev–Trinajstić information content (AvgIpc) is 3.27. The zero-order valence-electron chi connectivity index (χ0n) is 17.6. The number of nitrogens with zero attached hydrogens (tertiary/aromatic N) is 4. The van der Waals surface area contributed by atoms with E-state index in [1.807, 2.05) is 0 Å². The standard InChI is InChI=1S/C21H22FN5O5/c1-12-24-16(20-26-19(32-27-20)8-14-11-30-5-6-31-14)9-17(25-12)21(28)23-10-13-3-4-15(22)18(7-13)29-2/h3-4,7,9,14H,5-6,8,10-11H2,1-2H3,(H,23,28)/t14-/m0/s1. The van der Waals surface area contributed by atoms with Crippen molar-refractivity contribution in [1.82, 2.24) is 25.4 Å². The highest BCUT2D eigenvalue weighted by atomic mass is 19.1. The van der Waals surface area contributed by atoms with Gasteiger partial charge in [-0.25, -0.2) is 14.4 Å². The van der Waals surface area contributed by atoms with Gasteiger partial charge < -0.3 is 24.1 Å². The van der Waals surface area contributed by atoms with Gasteiger partial charge in [0.15, 0.2) is 11.6 Å². The third-order valence-electron chi connectivity index (χ3n) is 4.72. The van der Waals surface area contributed by atoms with Gasteiger partial charge in [0.25, 0.3) is 5.91 Å². The smallest absolute Gasteiger partial charge is 0.270 e. The first-order valence-electron chi connectivity index (χ1n) is 10.0. The molecular weight excluding hydrogens is 421 g/mol. The van der Waals surface area contributed by atoms with E-state index in [2.05, 4.69) is 25.4 Å². The fourth-order valence-electron chi connectivity index (χ4n) is 3.18. The zero-order chi connectivity index (χ0) is 22.5. The normalized spacial score (nSPS) is 16.0. The van der Waals surface area contributed by atoms with Crippen LogP contribution in [0.4, 0.5) is 4.39 Å². The minimum absolute atomic E-state index is 0.106. The van der Waals surface area contributed by atoms with Crippen molar-refractivity contribution in [2.75, 3.05) is 26.9 Å². The number of aromatic nitrogens is 4. The molecule has 1 aliphatic heterocycles. The van der Waals surface area contributed by atoms with Gasteiger partial charge in [-0.05, 0) is 30.7 Å². The van der Waals surface area contributed by atoms with Crippen LogP contribution >= 0.6 is 0 Å². The number of amides is 1. The fraction of sp³-hybridized carbons (Fsp3) is 0.381. The van der Waals surface area contributed by atoms with Gasteiger partial charge in [0.05, 0.1) is 39.5 Å². The Bertz CT molecular complexity index is 1100.